The van der Waals surface area contributed by atoms with Gasteiger partial charge in [0.1, 0.15) is 0 Å². The molecule has 0 aliphatic heterocycles. The molecule has 3 aromatic carbocycles. The Hall–Kier alpha value is -4.21. The maximum atomic E-state index is 13.7. The summed E-state index contributed by atoms with van der Waals surface area (Å²) >= 11 is 0. The minimum atomic E-state index is -0.516. The molecule has 0 saturated carbocycles. The summed E-state index contributed by atoms with van der Waals surface area (Å²) in [6.45, 7) is 4.43. The number of nitrogens with zero attached hydrogens (tertiary/aromatic N) is 1. The number of amides is 1. The van der Waals surface area contributed by atoms with Crippen molar-refractivity contribution in [1.82, 2.24) is 15.6 Å². The van der Waals surface area contributed by atoms with Crippen molar-refractivity contribution in [3.05, 3.63) is 107 Å². The number of rotatable bonds is 9. The summed E-state index contributed by atoms with van der Waals surface area (Å²) in [7, 11) is 0. The summed E-state index contributed by atoms with van der Waals surface area (Å²) in [5, 5.41) is 16.1. The Bertz CT molecular complexity index is 1370. The molecule has 6 nitrogen and oxygen atoms in total. The Morgan fingerprint density at radius 3 is 2.43 bits per heavy atom. The van der Waals surface area contributed by atoms with Crippen LogP contribution in [0.5, 0.6) is 0 Å². The maximum Gasteiger partial charge on any atom is 0.251 e. The Kier molecular flexibility index (Phi) is 7.39. The Morgan fingerprint density at radius 2 is 1.74 bits per heavy atom. The van der Waals surface area contributed by atoms with Gasteiger partial charge in [0.25, 0.3) is 5.91 Å². The fourth-order valence-electron chi connectivity index (χ4n) is 4.09. The number of aromatic nitrogens is 1. The molecule has 1 heterocycles. The van der Waals surface area contributed by atoms with Crippen LogP contribution < -0.4 is 10.6 Å². The number of fused-ring (bicyclic) bond motifs is 1. The zero-order valence-corrected chi connectivity index (χ0v) is 19.8. The van der Waals surface area contributed by atoms with Crippen LogP contribution in [0.4, 0.5) is 0 Å². The first-order valence-electron chi connectivity index (χ1n) is 11.7. The Labute approximate surface area is 205 Å². The monoisotopic (exact) mass is 464 g/mol. The summed E-state index contributed by atoms with van der Waals surface area (Å²) in [6, 6.07) is 24.2. The van der Waals surface area contributed by atoms with Gasteiger partial charge in [-0.2, -0.15) is 5.26 Å². The highest BCUT2D eigenvalue weighted by atomic mass is 16.1. The van der Waals surface area contributed by atoms with Crippen molar-refractivity contribution in [2.24, 2.45) is 0 Å². The highest BCUT2D eigenvalue weighted by molar-refractivity contribution is 6.11. The van der Waals surface area contributed by atoms with Crippen LogP contribution in [0.2, 0.25) is 0 Å². The van der Waals surface area contributed by atoms with E-state index < -0.39 is 6.04 Å². The number of nitriles is 1. The van der Waals surface area contributed by atoms with Crippen LogP contribution in [-0.2, 0) is 6.42 Å². The summed E-state index contributed by atoms with van der Waals surface area (Å²) in [5.41, 5.74) is 4.48. The van der Waals surface area contributed by atoms with E-state index in [1.165, 1.54) is 0 Å². The van der Waals surface area contributed by atoms with Gasteiger partial charge in [-0.15, -0.1) is 0 Å². The van der Waals surface area contributed by atoms with Gasteiger partial charge in [-0.05, 0) is 55.7 Å². The van der Waals surface area contributed by atoms with Crippen molar-refractivity contribution in [1.29, 1.82) is 5.26 Å². The van der Waals surface area contributed by atoms with Crippen LogP contribution in [-0.4, -0.2) is 29.3 Å². The first-order chi connectivity index (χ1) is 17.0. The lowest BCUT2D eigenvalue weighted by Crippen LogP contribution is -2.30. The number of ketones is 1. The van der Waals surface area contributed by atoms with E-state index in [1.807, 2.05) is 62.4 Å². The van der Waals surface area contributed by atoms with Gasteiger partial charge in [-0.1, -0.05) is 48.5 Å². The number of Topliss-reactive ketones (excluding diaryl/α,β-unsaturated/α-hetero) is 1. The third kappa shape index (κ3) is 5.65. The van der Waals surface area contributed by atoms with Crippen molar-refractivity contribution in [2.75, 3.05) is 6.54 Å². The fraction of sp³-hybridized carbons (Fsp3) is 0.207. The van der Waals surface area contributed by atoms with E-state index in [2.05, 4.69) is 21.7 Å². The molecule has 1 unspecified atom stereocenters. The van der Waals surface area contributed by atoms with E-state index in [1.54, 1.807) is 30.5 Å². The normalized spacial score (nSPS) is 11.8. The maximum absolute atomic E-state index is 13.7. The standard InChI is InChI=1S/C29H28N4O2/c1-19(2)33-29(35)23-12-13-24-25(18-32-26(24)16-23)28(34)27(22-6-4-3-5-7-22)31-15-14-20-8-10-21(17-30)11-9-20/h3-13,16,18-19,27,31-32H,14-15H2,1-2H3,(H,33,35). The molecule has 1 aromatic heterocycles. The van der Waals surface area contributed by atoms with Crippen LogP contribution >= 0.6 is 0 Å². The number of hydrogen-bond acceptors (Lipinski definition) is 4. The number of hydrogen-bond donors (Lipinski definition) is 3. The molecule has 0 fully saturated rings. The quantitative estimate of drug-likeness (QED) is 0.306. The SMILES string of the molecule is CC(C)NC(=O)c1ccc2c(C(=O)C(NCCc3ccc(C#N)cc3)c3ccccc3)c[nH]c2c1. The number of aromatic amines is 1. The van der Waals surface area contributed by atoms with Gasteiger partial charge in [-0.25, -0.2) is 0 Å². The lowest BCUT2D eigenvalue weighted by molar-refractivity contribution is 0.0936. The number of nitrogens with one attached hydrogen (secondary N) is 3. The first-order valence-corrected chi connectivity index (χ1v) is 11.7. The molecule has 0 aliphatic rings. The van der Waals surface area contributed by atoms with E-state index in [4.69, 9.17) is 5.26 Å². The number of benzene rings is 3. The molecule has 1 atom stereocenters. The molecule has 0 radical (unpaired) electrons. The largest absolute Gasteiger partial charge is 0.360 e. The predicted molar refractivity (Wildman–Crippen MR) is 137 cm³/mol. The first kappa shape index (κ1) is 23.9. The third-order valence-electron chi connectivity index (χ3n) is 5.87. The van der Waals surface area contributed by atoms with Gasteiger partial charge in [0.05, 0.1) is 17.7 Å². The molecular formula is C29H28N4O2. The van der Waals surface area contributed by atoms with Crippen LogP contribution in [0, 0.1) is 11.3 Å². The van der Waals surface area contributed by atoms with Crippen LogP contribution in [0.15, 0.2) is 79.0 Å². The van der Waals surface area contributed by atoms with Gasteiger partial charge >= 0.3 is 0 Å². The van der Waals surface area contributed by atoms with Crippen molar-refractivity contribution in [3.63, 3.8) is 0 Å². The zero-order chi connectivity index (χ0) is 24.8. The Morgan fingerprint density at radius 1 is 1.00 bits per heavy atom. The molecule has 6 heteroatoms. The molecule has 0 spiro atoms. The average molecular weight is 465 g/mol. The molecule has 3 N–H and O–H groups in total. The molecular weight excluding hydrogens is 436 g/mol. The van der Waals surface area contributed by atoms with Crippen molar-refractivity contribution in [2.45, 2.75) is 32.4 Å². The molecule has 1 amide bonds. The zero-order valence-electron chi connectivity index (χ0n) is 19.8. The molecule has 4 rings (SSSR count). The van der Waals surface area contributed by atoms with Crippen LogP contribution in [0.3, 0.4) is 0 Å². The molecule has 35 heavy (non-hydrogen) atoms. The van der Waals surface area contributed by atoms with E-state index in [0.29, 0.717) is 23.2 Å². The number of carbonyl (C=O) groups is 2. The minimum Gasteiger partial charge on any atom is -0.360 e. The highest BCUT2D eigenvalue weighted by Gasteiger charge is 2.24. The van der Waals surface area contributed by atoms with Crippen LogP contribution in [0.25, 0.3) is 10.9 Å². The summed E-state index contributed by atoms with van der Waals surface area (Å²) < 4.78 is 0. The van der Waals surface area contributed by atoms with Gasteiger partial charge in [0.2, 0.25) is 0 Å². The minimum absolute atomic E-state index is 0.0401. The topological polar surface area (TPSA) is 97.8 Å². The second-order valence-electron chi connectivity index (χ2n) is 8.81. The summed E-state index contributed by atoms with van der Waals surface area (Å²) in [6.07, 6.45) is 2.44. The Balaban J connectivity index is 1.56. The lowest BCUT2D eigenvalue weighted by atomic mass is 9.96. The van der Waals surface area contributed by atoms with Crippen molar-refractivity contribution >= 4 is 22.6 Å². The molecule has 0 saturated heterocycles. The third-order valence-corrected chi connectivity index (χ3v) is 5.87. The van der Waals surface area contributed by atoms with Crippen molar-refractivity contribution in [3.8, 4) is 6.07 Å². The van der Waals surface area contributed by atoms with E-state index >= 15 is 0 Å². The van der Waals surface area contributed by atoms with E-state index in [9.17, 15) is 9.59 Å². The fourth-order valence-corrected chi connectivity index (χ4v) is 4.09. The summed E-state index contributed by atoms with van der Waals surface area (Å²) in [5.74, 6) is -0.183. The van der Waals surface area contributed by atoms with Gasteiger partial charge in [-0.3, -0.25) is 9.59 Å². The van der Waals surface area contributed by atoms with Crippen LogP contribution in [0.1, 0.15) is 57.3 Å². The molecule has 4 aromatic rings. The second kappa shape index (κ2) is 10.8. The van der Waals surface area contributed by atoms with Gasteiger partial charge < -0.3 is 15.6 Å². The molecule has 176 valence electrons. The lowest BCUT2D eigenvalue weighted by Gasteiger charge is -2.18. The van der Waals surface area contributed by atoms with E-state index in [-0.39, 0.29) is 17.7 Å². The van der Waals surface area contributed by atoms with Gasteiger partial charge in [0, 0.05) is 40.8 Å². The predicted octanol–water partition coefficient (Wildman–Crippen LogP) is 4.93. The second-order valence-corrected chi connectivity index (χ2v) is 8.81. The number of carbonyl (C=O) groups excluding carboxylic acids is 2. The highest BCUT2D eigenvalue weighted by Crippen LogP contribution is 2.26. The smallest absolute Gasteiger partial charge is 0.251 e. The molecule has 0 aliphatic carbocycles. The summed E-state index contributed by atoms with van der Waals surface area (Å²) in [4.78, 5) is 29.3. The van der Waals surface area contributed by atoms with Gasteiger partial charge in [0.15, 0.2) is 5.78 Å². The van der Waals surface area contributed by atoms with Crippen molar-refractivity contribution < 1.29 is 9.59 Å². The van der Waals surface area contributed by atoms with E-state index in [0.717, 1.165) is 28.5 Å². The molecule has 0 bridgehead atoms. The average Bonchev–Trinajstić information content (AvgIpc) is 3.30. The number of H-pyrrole nitrogens is 1.